The van der Waals surface area contributed by atoms with Crippen LogP contribution in [0.1, 0.15) is 63.1 Å². The van der Waals surface area contributed by atoms with Crippen molar-refractivity contribution in [1.29, 1.82) is 0 Å². The molecule has 0 radical (unpaired) electrons. The van der Waals surface area contributed by atoms with Gasteiger partial charge in [0.25, 0.3) is 0 Å². The molecule has 3 N–H and O–H groups in total. The van der Waals surface area contributed by atoms with Crippen molar-refractivity contribution in [3.63, 3.8) is 0 Å². The van der Waals surface area contributed by atoms with Gasteiger partial charge in [-0.15, -0.1) is 0 Å². The molecule has 2 aliphatic heterocycles. The monoisotopic (exact) mass is 599 g/mol. The largest absolute Gasteiger partial charge is 0.486 e. The molecule has 8 nitrogen and oxygen atoms in total. The van der Waals surface area contributed by atoms with Crippen molar-refractivity contribution in [3.8, 4) is 5.75 Å². The Balaban J connectivity index is 1.51. The predicted molar refractivity (Wildman–Crippen MR) is 167 cm³/mol. The smallest absolute Gasteiger partial charge is 0.248 e. The quantitative estimate of drug-likeness (QED) is 0.280. The number of nitrogens with zero attached hydrogens (tertiary/aromatic N) is 2. The minimum atomic E-state index is -0.449. The molecule has 42 heavy (non-hydrogen) atoms. The number of benzene rings is 2. The number of halogens is 2. The molecule has 0 bridgehead atoms. The first kappa shape index (κ1) is 30.6. The molecular weight excluding hydrogens is 557 g/mol. The van der Waals surface area contributed by atoms with E-state index in [1.54, 1.807) is 18.2 Å². The van der Waals surface area contributed by atoms with Gasteiger partial charge in [0.1, 0.15) is 23.8 Å². The van der Waals surface area contributed by atoms with E-state index >= 15 is 0 Å². The molecule has 2 heterocycles. The summed E-state index contributed by atoms with van der Waals surface area (Å²) in [6, 6.07) is 9.09. The van der Waals surface area contributed by atoms with Crippen molar-refractivity contribution in [2.45, 2.75) is 69.7 Å². The molecule has 2 aromatic rings. The van der Waals surface area contributed by atoms with Gasteiger partial charge in [-0.25, -0.2) is 4.39 Å². The summed E-state index contributed by atoms with van der Waals surface area (Å²) < 4.78 is 25.9. The molecule has 5 rings (SSSR count). The van der Waals surface area contributed by atoms with Crippen LogP contribution in [0.2, 0.25) is 5.02 Å². The first-order valence-corrected chi connectivity index (χ1v) is 15.5. The molecule has 1 unspecified atom stereocenters. The first-order valence-electron chi connectivity index (χ1n) is 15.1. The SMILES string of the molecule is CN(C)C/C=C/C(=O)Nc1cc2c(cc1O[C@@H]1CCOC1)NCN(C1CCCCCCC1)C2Nc1ccc(F)c(Cl)c1. The fourth-order valence-corrected chi connectivity index (χ4v) is 6.14. The lowest BCUT2D eigenvalue weighted by Crippen LogP contribution is -2.47. The summed E-state index contributed by atoms with van der Waals surface area (Å²) in [5.74, 6) is -0.0660. The van der Waals surface area contributed by atoms with E-state index in [0.29, 0.717) is 43.9 Å². The van der Waals surface area contributed by atoms with Crippen molar-refractivity contribution in [2.24, 2.45) is 0 Å². The fourth-order valence-electron chi connectivity index (χ4n) is 5.96. The average molecular weight is 600 g/mol. The summed E-state index contributed by atoms with van der Waals surface area (Å²) in [7, 11) is 3.91. The molecule has 1 saturated heterocycles. The van der Waals surface area contributed by atoms with Crippen molar-refractivity contribution >= 4 is 34.6 Å². The van der Waals surface area contributed by atoms with Crippen LogP contribution in [0, 0.1) is 5.82 Å². The van der Waals surface area contributed by atoms with Crippen LogP contribution in [0.5, 0.6) is 5.75 Å². The highest BCUT2D eigenvalue weighted by Crippen LogP contribution is 2.42. The molecule has 2 atom stereocenters. The van der Waals surface area contributed by atoms with Gasteiger partial charge in [-0.1, -0.05) is 49.8 Å². The molecular formula is C32H43ClFN5O3. The van der Waals surface area contributed by atoms with Crippen molar-refractivity contribution in [1.82, 2.24) is 9.80 Å². The number of carbonyl (C=O) groups excluding carboxylic acids is 1. The fraction of sp³-hybridized carbons (Fsp3) is 0.531. The molecule has 1 amide bonds. The minimum absolute atomic E-state index is 0.0756. The lowest BCUT2D eigenvalue weighted by atomic mass is 9.93. The van der Waals surface area contributed by atoms with Crippen LogP contribution in [0.3, 0.4) is 0 Å². The Morgan fingerprint density at radius 1 is 1.17 bits per heavy atom. The van der Waals surface area contributed by atoms with Gasteiger partial charge in [0.15, 0.2) is 0 Å². The summed E-state index contributed by atoms with van der Waals surface area (Å²) in [5, 5.41) is 10.4. The van der Waals surface area contributed by atoms with E-state index in [2.05, 4.69) is 20.9 Å². The Kier molecular flexibility index (Phi) is 10.6. The number of hydrogen-bond acceptors (Lipinski definition) is 7. The molecule has 1 aliphatic carbocycles. The maximum atomic E-state index is 14.0. The van der Waals surface area contributed by atoms with Crippen LogP contribution >= 0.6 is 11.6 Å². The minimum Gasteiger partial charge on any atom is -0.486 e. The molecule has 0 spiro atoms. The highest BCUT2D eigenvalue weighted by molar-refractivity contribution is 6.31. The van der Waals surface area contributed by atoms with Crippen LogP contribution in [0.4, 0.5) is 21.5 Å². The van der Waals surface area contributed by atoms with Crippen LogP contribution in [0.15, 0.2) is 42.5 Å². The van der Waals surface area contributed by atoms with Crippen LogP contribution in [0.25, 0.3) is 0 Å². The second kappa shape index (κ2) is 14.6. The number of ether oxygens (including phenoxy) is 2. The number of hydrogen-bond donors (Lipinski definition) is 3. The van der Waals surface area contributed by atoms with Crippen LogP contribution in [-0.2, 0) is 9.53 Å². The average Bonchev–Trinajstić information content (AvgIpc) is 3.45. The van der Waals surface area contributed by atoms with E-state index in [0.717, 1.165) is 36.2 Å². The lowest BCUT2D eigenvalue weighted by Gasteiger charge is -2.44. The Morgan fingerprint density at radius 3 is 2.67 bits per heavy atom. The first-order chi connectivity index (χ1) is 20.4. The molecule has 3 aliphatic rings. The van der Waals surface area contributed by atoms with Gasteiger partial charge in [0, 0.05) is 48.1 Å². The molecule has 2 fully saturated rings. The zero-order valence-electron chi connectivity index (χ0n) is 24.6. The van der Waals surface area contributed by atoms with Crippen LogP contribution < -0.4 is 20.7 Å². The molecule has 0 aromatic heterocycles. The summed E-state index contributed by atoms with van der Waals surface area (Å²) in [4.78, 5) is 17.4. The molecule has 228 valence electrons. The standard InChI is InChI=1S/C32H43ClFN5O3/c1-38(2)15-8-11-31(40)37-29-18-25-28(19-30(29)42-24-14-16-41-20-24)35-21-39(23-9-6-4-3-5-7-10-23)32(25)36-22-12-13-27(34)26(33)17-22/h8,11-13,17-19,23-24,32,35-36H,3-7,9-10,14-16,20-21H2,1-2H3,(H,37,40)/b11-8+/t24-,32?/m1/s1. The Morgan fingerprint density at radius 2 is 1.95 bits per heavy atom. The number of likely N-dealkylation sites (N-methyl/N-ethyl adjacent to an activating group) is 1. The second-order valence-corrected chi connectivity index (χ2v) is 12.1. The number of amides is 1. The predicted octanol–water partition coefficient (Wildman–Crippen LogP) is 6.61. The van der Waals surface area contributed by atoms with Crippen molar-refractivity contribution in [3.05, 3.63) is 58.9 Å². The maximum absolute atomic E-state index is 14.0. The van der Waals surface area contributed by atoms with Gasteiger partial charge in [-0.3, -0.25) is 9.69 Å². The summed E-state index contributed by atoms with van der Waals surface area (Å²) in [5.41, 5.74) is 3.24. The van der Waals surface area contributed by atoms with Gasteiger partial charge in [0.05, 0.1) is 30.6 Å². The number of anilines is 3. The molecule has 10 heteroatoms. The molecule has 2 aromatic carbocycles. The highest BCUT2D eigenvalue weighted by atomic mass is 35.5. The van der Waals surface area contributed by atoms with E-state index in [4.69, 9.17) is 21.1 Å². The van der Waals surface area contributed by atoms with E-state index in [9.17, 15) is 9.18 Å². The van der Waals surface area contributed by atoms with E-state index in [1.807, 2.05) is 37.2 Å². The van der Waals surface area contributed by atoms with Gasteiger partial charge in [-0.05, 0) is 51.2 Å². The number of nitrogens with one attached hydrogen (secondary N) is 3. The van der Waals surface area contributed by atoms with E-state index in [-0.39, 0.29) is 23.2 Å². The normalized spacial score (nSPS) is 21.9. The topological polar surface area (TPSA) is 78.1 Å². The van der Waals surface area contributed by atoms with Gasteiger partial charge >= 0.3 is 0 Å². The van der Waals surface area contributed by atoms with Gasteiger partial charge in [-0.2, -0.15) is 0 Å². The van der Waals surface area contributed by atoms with Gasteiger partial charge < -0.3 is 30.3 Å². The van der Waals surface area contributed by atoms with Crippen LogP contribution in [-0.4, -0.2) is 68.4 Å². The lowest BCUT2D eigenvalue weighted by molar-refractivity contribution is -0.111. The number of fused-ring (bicyclic) bond motifs is 1. The zero-order chi connectivity index (χ0) is 29.5. The van der Waals surface area contributed by atoms with E-state index in [1.165, 1.54) is 38.2 Å². The zero-order valence-corrected chi connectivity index (χ0v) is 25.4. The van der Waals surface area contributed by atoms with Crippen molar-refractivity contribution in [2.75, 3.05) is 56.5 Å². The number of carbonyl (C=O) groups is 1. The maximum Gasteiger partial charge on any atom is 0.248 e. The van der Waals surface area contributed by atoms with E-state index < -0.39 is 5.82 Å². The Hall–Kier alpha value is -2.85. The molecule has 1 saturated carbocycles. The second-order valence-electron chi connectivity index (χ2n) is 11.7. The van der Waals surface area contributed by atoms with Gasteiger partial charge in [0.2, 0.25) is 5.91 Å². The highest BCUT2D eigenvalue weighted by Gasteiger charge is 2.34. The summed E-state index contributed by atoms with van der Waals surface area (Å²) >= 11 is 6.18. The third kappa shape index (κ3) is 7.95. The third-order valence-electron chi connectivity index (χ3n) is 8.18. The third-order valence-corrected chi connectivity index (χ3v) is 8.47. The van der Waals surface area contributed by atoms with Crippen molar-refractivity contribution < 1.29 is 18.7 Å². The Bertz CT molecular complexity index is 1240. The number of rotatable bonds is 9. The summed E-state index contributed by atoms with van der Waals surface area (Å²) in [6.45, 7) is 2.49. The summed E-state index contributed by atoms with van der Waals surface area (Å²) in [6.07, 6.45) is 12.3. The Labute approximate surface area is 253 Å².